The molecule has 0 saturated heterocycles. The predicted octanol–water partition coefficient (Wildman–Crippen LogP) is 5.13. The smallest absolute Gasteiger partial charge is 0.000803 e. The van der Waals surface area contributed by atoms with E-state index in [4.69, 9.17) is 0 Å². The summed E-state index contributed by atoms with van der Waals surface area (Å²) in [7, 11) is 0. The Bertz CT molecular complexity index is 455. The third-order valence-corrected chi connectivity index (χ3v) is 4.86. The lowest BCUT2D eigenvalue weighted by Gasteiger charge is -2.13. The first kappa shape index (κ1) is 16.3. The van der Waals surface area contributed by atoms with Crippen molar-refractivity contribution in [3.8, 4) is 0 Å². The van der Waals surface area contributed by atoms with Gasteiger partial charge in [-0.3, -0.25) is 0 Å². The quantitative estimate of drug-likeness (QED) is 0.653. The lowest BCUT2D eigenvalue weighted by atomic mass is 9.95. The fourth-order valence-electron chi connectivity index (χ4n) is 3.59. The SMILES string of the molecule is C=C(C)c1cccc(C)c1CCNCCCC1CCCC1. The van der Waals surface area contributed by atoms with E-state index in [0.29, 0.717) is 0 Å². The summed E-state index contributed by atoms with van der Waals surface area (Å²) in [5.41, 5.74) is 5.37. The van der Waals surface area contributed by atoms with E-state index in [1.807, 2.05) is 0 Å². The third kappa shape index (κ3) is 5.00. The molecule has 1 fully saturated rings. The lowest BCUT2D eigenvalue weighted by Crippen LogP contribution is -2.19. The van der Waals surface area contributed by atoms with E-state index in [-0.39, 0.29) is 0 Å². The Morgan fingerprint density at radius 2 is 2.00 bits per heavy atom. The fourth-order valence-corrected chi connectivity index (χ4v) is 3.59. The minimum Gasteiger partial charge on any atom is -0.316 e. The van der Waals surface area contributed by atoms with Crippen molar-refractivity contribution >= 4 is 5.57 Å². The molecule has 0 spiro atoms. The Morgan fingerprint density at radius 3 is 2.71 bits per heavy atom. The van der Waals surface area contributed by atoms with Gasteiger partial charge in [-0.25, -0.2) is 0 Å². The molecular weight excluding hydrogens is 254 g/mol. The monoisotopic (exact) mass is 285 g/mol. The van der Waals surface area contributed by atoms with Gasteiger partial charge in [0.05, 0.1) is 0 Å². The van der Waals surface area contributed by atoms with Gasteiger partial charge in [0.1, 0.15) is 0 Å². The number of rotatable bonds is 8. The zero-order chi connectivity index (χ0) is 15.1. The molecule has 116 valence electrons. The minimum absolute atomic E-state index is 1.03. The maximum absolute atomic E-state index is 4.11. The number of hydrogen-bond acceptors (Lipinski definition) is 1. The van der Waals surface area contributed by atoms with Gasteiger partial charge in [-0.15, -0.1) is 0 Å². The molecule has 0 unspecified atom stereocenters. The van der Waals surface area contributed by atoms with Crippen LogP contribution in [-0.2, 0) is 6.42 Å². The van der Waals surface area contributed by atoms with Crippen LogP contribution >= 0.6 is 0 Å². The van der Waals surface area contributed by atoms with Crippen molar-refractivity contribution in [2.75, 3.05) is 13.1 Å². The van der Waals surface area contributed by atoms with Gasteiger partial charge in [-0.2, -0.15) is 0 Å². The molecule has 21 heavy (non-hydrogen) atoms. The highest BCUT2D eigenvalue weighted by Crippen LogP contribution is 2.28. The molecule has 0 bridgehead atoms. The molecule has 1 N–H and O–H groups in total. The molecule has 1 aliphatic rings. The first-order valence-corrected chi connectivity index (χ1v) is 8.63. The van der Waals surface area contributed by atoms with Crippen LogP contribution in [0.4, 0.5) is 0 Å². The van der Waals surface area contributed by atoms with E-state index in [9.17, 15) is 0 Å². The molecule has 1 aromatic carbocycles. The van der Waals surface area contributed by atoms with Crippen LogP contribution in [0.25, 0.3) is 5.57 Å². The van der Waals surface area contributed by atoms with Crippen molar-refractivity contribution in [3.05, 3.63) is 41.5 Å². The van der Waals surface area contributed by atoms with Crippen LogP contribution in [0.3, 0.4) is 0 Å². The summed E-state index contributed by atoms with van der Waals surface area (Å²) < 4.78 is 0. The van der Waals surface area contributed by atoms with E-state index >= 15 is 0 Å². The Morgan fingerprint density at radius 1 is 1.24 bits per heavy atom. The van der Waals surface area contributed by atoms with E-state index in [0.717, 1.165) is 18.9 Å². The van der Waals surface area contributed by atoms with Gasteiger partial charge in [0.2, 0.25) is 0 Å². The van der Waals surface area contributed by atoms with Crippen molar-refractivity contribution in [3.63, 3.8) is 0 Å². The largest absolute Gasteiger partial charge is 0.316 e. The van der Waals surface area contributed by atoms with Crippen LogP contribution in [-0.4, -0.2) is 13.1 Å². The molecule has 1 aromatic rings. The van der Waals surface area contributed by atoms with Gasteiger partial charge in [-0.1, -0.05) is 56.0 Å². The minimum atomic E-state index is 1.03. The molecule has 0 aliphatic heterocycles. The van der Waals surface area contributed by atoms with Crippen LogP contribution in [0.5, 0.6) is 0 Å². The Labute approximate surface area is 130 Å². The van der Waals surface area contributed by atoms with Crippen LogP contribution in [0, 0.1) is 12.8 Å². The maximum atomic E-state index is 4.11. The molecular formula is C20H31N. The maximum Gasteiger partial charge on any atom is -0.000803 e. The number of allylic oxidation sites excluding steroid dienone is 1. The summed E-state index contributed by atoms with van der Waals surface area (Å²) in [4.78, 5) is 0. The molecule has 0 heterocycles. The van der Waals surface area contributed by atoms with Gasteiger partial charge in [0.15, 0.2) is 0 Å². The van der Waals surface area contributed by atoms with Crippen molar-refractivity contribution in [2.24, 2.45) is 5.92 Å². The van der Waals surface area contributed by atoms with Gasteiger partial charge in [0, 0.05) is 0 Å². The van der Waals surface area contributed by atoms with Crippen molar-refractivity contribution in [1.29, 1.82) is 0 Å². The average molecular weight is 285 g/mol. The lowest BCUT2D eigenvalue weighted by molar-refractivity contribution is 0.471. The normalized spacial score (nSPS) is 15.5. The Hall–Kier alpha value is -1.08. The molecule has 1 aliphatic carbocycles. The third-order valence-electron chi connectivity index (χ3n) is 4.86. The highest BCUT2D eigenvalue weighted by atomic mass is 14.8. The van der Waals surface area contributed by atoms with Crippen LogP contribution in [0.1, 0.15) is 62.1 Å². The van der Waals surface area contributed by atoms with Crippen molar-refractivity contribution in [1.82, 2.24) is 5.32 Å². The average Bonchev–Trinajstić information content (AvgIpc) is 2.97. The molecule has 1 saturated carbocycles. The van der Waals surface area contributed by atoms with Crippen molar-refractivity contribution in [2.45, 2.75) is 58.8 Å². The number of benzene rings is 1. The second-order valence-electron chi connectivity index (χ2n) is 6.67. The number of nitrogens with one attached hydrogen (secondary N) is 1. The zero-order valence-electron chi connectivity index (χ0n) is 13.9. The number of hydrogen-bond donors (Lipinski definition) is 1. The standard InChI is InChI=1S/C20H31N/c1-16(2)19-12-6-8-17(3)20(19)13-15-21-14-7-11-18-9-4-5-10-18/h6,8,12,18,21H,1,4-5,7,9-11,13-15H2,2-3H3. The predicted molar refractivity (Wildman–Crippen MR) is 93.7 cm³/mol. The van der Waals surface area contributed by atoms with Gasteiger partial charge in [0.25, 0.3) is 0 Å². The van der Waals surface area contributed by atoms with Crippen LogP contribution in [0.2, 0.25) is 0 Å². The fraction of sp³-hybridized carbons (Fsp3) is 0.600. The molecule has 2 rings (SSSR count). The second kappa shape index (κ2) is 8.38. The van der Waals surface area contributed by atoms with E-state index < -0.39 is 0 Å². The molecule has 0 aromatic heterocycles. The molecule has 0 atom stereocenters. The summed E-state index contributed by atoms with van der Waals surface area (Å²) in [6.07, 6.45) is 9.76. The molecule has 1 heteroatoms. The number of aryl methyl sites for hydroxylation is 1. The zero-order valence-corrected chi connectivity index (χ0v) is 13.9. The highest BCUT2D eigenvalue weighted by Gasteiger charge is 2.13. The van der Waals surface area contributed by atoms with Gasteiger partial charge in [-0.05, 0) is 68.8 Å². The van der Waals surface area contributed by atoms with Gasteiger partial charge >= 0.3 is 0 Å². The van der Waals surface area contributed by atoms with E-state index in [1.54, 1.807) is 0 Å². The second-order valence-corrected chi connectivity index (χ2v) is 6.67. The Kier molecular flexibility index (Phi) is 6.50. The first-order valence-electron chi connectivity index (χ1n) is 8.63. The summed E-state index contributed by atoms with van der Waals surface area (Å²) in [6.45, 7) is 10.7. The van der Waals surface area contributed by atoms with E-state index in [1.165, 1.54) is 67.3 Å². The van der Waals surface area contributed by atoms with Crippen LogP contribution < -0.4 is 5.32 Å². The first-order chi connectivity index (χ1) is 10.2. The Balaban J connectivity index is 1.69. The summed E-state index contributed by atoms with van der Waals surface area (Å²) in [5.74, 6) is 1.03. The van der Waals surface area contributed by atoms with E-state index in [2.05, 4.69) is 43.9 Å². The molecule has 1 nitrogen and oxygen atoms in total. The summed E-state index contributed by atoms with van der Waals surface area (Å²) in [6, 6.07) is 6.55. The van der Waals surface area contributed by atoms with Crippen molar-refractivity contribution < 1.29 is 0 Å². The highest BCUT2D eigenvalue weighted by molar-refractivity contribution is 5.65. The molecule has 0 radical (unpaired) electrons. The topological polar surface area (TPSA) is 12.0 Å². The summed E-state index contributed by atoms with van der Waals surface area (Å²) >= 11 is 0. The summed E-state index contributed by atoms with van der Waals surface area (Å²) in [5, 5.41) is 3.62. The van der Waals surface area contributed by atoms with Crippen LogP contribution in [0.15, 0.2) is 24.8 Å². The molecule has 0 amide bonds. The van der Waals surface area contributed by atoms with Gasteiger partial charge < -0.3 is 5.32 Å².